The molecule has 142 valence electrons. The lowest BCUT2D eigenvalue weighted by Crippen LogP contribution is -2.48. The van der Waals surface area contributed by atoms with Crippen LogP contribution in [0.4, 0.5) is 0 Å². The number of aromatic nitrogens is 2. The summed E-state index contributed by atoms with van der Waals surface area (Å²) < 4.78 is 2.07. The summed E-state index contributed by atoms with van der Waals surface area (Å²) >= 11 is 0. The number of fused-ring (bicyclic) bond motifs is 4. The quantitative estimate of drug-likeness (QED) is 0.830. The van der Waals surface area contributed by atoms with Crippen LogP contribution in [0.3, 0.4) is 0 Å². The van der Waals surface area contributed by atoms with Gasteiger partial charge in [-0.1, -0.05) is 25.3 Å². The Labute approximate surface area is 161 Å². The molecule has 2 unspecified atom stereocenters. The van der Waals surface area contributed by atoms with Gasteiger partial charge in [-0.3, -0.25) is 9.78 Å². The number of rotatable bonds is 3. The van der Waals surface area contributed by atoms with Crippen molar-refractivity contribution >= 4 is 0 Å². The number of pyridine rings is 2. The predicted octanol–water partition coefficient (Wildman–Crippen LogP) is 3.91. The van der Waals surface area contributed by atoms with E-state index in [-0.39, 0.29) is 5.56 Å². The minimum atomic E-state index is 0.160. The molecule has 0 aromatic carbocycles. The fourth-order valence-electron chi connectivity index (χ4n) is 5.76. The van der Waals surface area contributed by atoms with E-state index in [9.17, 15) is 4.79 Å². The van der Waals surface area contributed by atoms with E-state index in [0.717, 1.165) is 31.1 Å². The maximum absolute atomic E-state index is 12.6. The number of hydrogen-bond donors (Lipinski definition) is 0. The van der Waals surface area contributed by atoms with Crippen LogP contribution in [0.25, 0.3) is 11.1 Å². The molecule has 1 saturated carbocycles. The molecule has 0 N–H and O–H groups in total. The van der Waals surface area contributed by atoms with Crippen molar-refractivity contribution in [3.05, 3.63) is 52.7 Å². The maximum atomic E-state index is 12.6. The molecule has 1 aliphatic carbocycles. The van der Waals surface area contributed by atoms with Crippen molar-refractivity contribution in [3.63, 3.8) is 0 Å². The summed E-state index contributed by atoms with van der Waals surface area (Å²) in [7, 11) is 0. The molecule has 0 radical (unpaired) electrons. The third kappa shape index (κ3) is 3.36. The second-order valence-electron chi connectivity index (χ2n) is 8.84. The average Bonchev–Trinajstić information content (AvgIpc) is 2.70. The predicted molar refractivity (Wildman–Crippen MR) is 108 cm³/mol. The molecule has 5 rings (SSSR count). The molecule has 2 aromatic heterocycles. The molecule has 1 saturated heterocycles. The van der Waals surface area contributed by atoms with E-state index in [0.29, 0.717) is 11.8 Å². The summed E-state index contributed by atoms with van der Waals surface area (Å²) in [5.74, 6) is 1.96. The normalized spacial score (nSPS) is 25.9. The van der Waals surface area contributed by atoms with Crippen LogP contribution in [0.1, 0.15) is 50.1 Å². The fraction of sp³-hybridized carbons (Fsp3) is 0.565. The molecular weight excluding hydrogens is 334 g/mol. The lowest BCUT2D eigenvalue weighted by atomic mass is 9.80. The van der Waals surface area contributed by atoms with Crippen LogP contribution in [0.2, 0.25) is 0 Å². The molecule has 0 spiro atoms. The van der Waals surface area contributed by atoms with Gasteiger partial charge in [0.1, 0.15) is 0 Å². The molecule has 3 aliphatic rings. The van der Waals surface area contributed by atoms with Gasteiger partial charge in [0, 0.05) is 67.4 Å². The highest BCUT2D eigenvalue weighted by Gasteiger charge is 2.36. The van der Waals surface area contributed by atoms with Crippen molar-refractivity contribution in [2.45, 2.75) is 51.0 Å². The molecule has 4 heterocycles. The molecule has 2 fully saturated rings. The van der Waals surface area contributed by atoms with Crippen molar-refractivity contribution in [2.75, 3.05) is 19.6 Å². The summed E-state index contributed by atoms with van der Waals surface area (Å²) in [6.07, 6.45) is 12.0. The largest absolute Gasteiger partial charge is 0.311 e. The molecule has 4 nitrogen and oxygen atoms in total. The monoisotopic (exact) mass is 363 g/mol. The zero-order valence-electron chi connectivity index (χ0n) is 16.0. The van der Waals surface area contributed by atoms with Gasteiger partial charge in [0.25, 0.3) is 5.56 Å². The Morgan fingerprint density at radius 3 is 2.74 bits per heavy atom. The number of hydrogen-bond acceptors (Lipinski definition) is 3. The van der Waals surface area contributed by atoms with E-state index in [1.165, 1.54) is 56.3 Å². The molecular formula is C23H29N3O. The van der Waals surface area contributed by atoms with Crippen LogP contribution in [0.5, 0.6) is 0 Å². The van der Waals surface area contributed by atoms with Gasteiger partial charge in [0.2, 0.25) is 0 Å². The van der Waals surface area contributed by atoms with Crippen molar-refractivity contribution in [2.24, 2.45) is 11.8 Å². The number of piperidine rings is 1. The van der Waals surface area contributed by atoms with E-state index < -0.39 is 0 Å². The van der Waals surface area contributed by atoms with Crippen LogP contribution < -0.4 is 5.56 Å². The zero-order chi connectivity index (χ0) is 18.2. The van der Waals surface area contributed by atoms with Crippen molar-refractivity contribution in [1.82, 2.24) is 14.5 Å². The lowest BCUT2D eigenvalue weighted by molar-refractivity contribution is 0.0970. The minimum absolute atomic E-state index is 0.160. The maximum Gasteiger partial charge on any atom is 0.250 e. The average molecular weight is 364 g/mol. The third-order valence-electron chi connectivity index (χ3n) is 6.88. The molecule has 2 aromatic rings. The van der Waals surface area contributed by atoms with E-state index in [2.05, 4.69) is 20.5 Å². The summed E-state index contributed by atoms with van der Waals surface area (Å²) in [6.45, 7) is 4.39. The Kier molecular flexibility index (Phi) is 4.60. The first-order chi connectivity index (χ1) is 13.3. The van der Waals surface area contributed by atoms with Gasteiger partial charge in [-0.2, -0.15) is 0 Å². The first kappa shape index (κ1) is 17.2. The summed E-state index contributed by atoms with van der Waals surface area (Å²) in [5.41, 5.74) is 3.74. The highest BCUT2D eigenvalue weighted by atomic mass is 16.1. The zero-order valence-corrected chi connectivity index (χ0v) is 16.0. The highest BCUT2D eigenvalue weighted by Crippen LogP contribution is 2.40. The van der Waals surface area contributed by atoms with Gasteiger partial charge in [-0.25, -0.2) is 0 Å². The van der Waals surface area contributed by atoms with Crippen LogP contribution >= 0.6 is 0 Å². The van der Waals surface area contributed by atoms with Gasteiger partial charge in [0.05, 0.1) is 0 Å². The Bertz CT molecular complexity index is 854. The highest BCUT2D eigenvalue weighted by molar-refractivity contribution is 5.66. The van der Waals surface area contributed by atoms with Crippen molar-refractivity contribution < 1.29 is 0 Å². The standard InChI is InChI=1S/C23H29N3O/c27-22-9-8-21(19-7-4-10-24-12-19)23-20-11-18(15-26(22)23)14-25(16-20)13-17-5-2-1-3-6-17/h4,7-10,12,17-18,20H,1-3,5-6,11,13-16H2. The van der Waals surface area contributed by atoms with Crippen LogP contribution in [0.15, 0.2) is 41.5 Å². The van der Waals surface area contributed by atoms with Gasteiger partial charge in [-0.05, 0) is 43.2 Å². The fourth-order valence-corrected chi connectivity index (χ4v) is 5.76. The smallest absolute Gasteiger partial charge is 0.250 e. The van der Waals surface area contributed by atoms with Crippen LogP contribution in [0, 0.1) is 11.8 Å². The van der Waals surface area contributed by atoms with Crippen molar-refractivity contribution in [3.8, 4) is 11.1 Å². The Balaban J connectivity index is 1.46. The number of nitrogens with zero attached hydrogens (tertiary/aromatic N) is 3. The van der Waals surface area contributed by atoms with E-state index in [1.54, 1.807) is 6.07 Å². The second kappa shape index (κ2) is 7.23. The van der Waals surface area contributed by atoms with Gasteiger partial charge in [-0.15, -0.1) is 0 Å². The van der Waals surface area contributed by atoms with E-state index >= 15 is 0 Å². The summed E-state index contributed by atoms with van der Waals surface area (Å²) in [5, 5.41) is 0. The SMILES string of the molecule is O=c1ccc(-c2cccnc2)c2n1CC1CC2CN(CC2CCCCC2)C1. The lowest BCUT2D eigenvalue weighted by Gasteiger charge is -2.44. The molecule has 2 aliphatic heterocycles. The Hall–Kier alpha value is -1.94. The first-order valence-corrected chi connectivity index (χ1v) is 10.6. The van der Waals surface area contributed by atoms with Crippen LogP contribution in [-0.4, -0.2) is 34.1 Å². The first-order valence-electron chi connectivity index (χ1n) is 10.6. The summed E-state index contributed by atoms with van der Waals surface area (Å²) in [6, 6.07) is 7.86. The second-order valence-corrected chi connectivity index (χ2v) is 8.84. The third-order valence-corrected chi connectivity index (χ3v) is 6.88. The minimum Gasteiger partial charge on any atom is -0.311 e. The Morgan fingerprint density at radius 1 is 1.04 bits per heavy atom. The summed E-state index contributed by atoms with van der Waals surface area (Å²) in [4.78, 5) is 19.6. The molecule has 27 heavy (non-hydrogen) atoms. The van der Waals surface area contributed by atoms with Gasteiger partial charge >= 0.3 is 0 Å². The molecule has 2 atom stereocenters. The van der Waals surface area contributed by atoms with Gasteiger partial charge < -0.3 is 9.47 Å². The number of likely N-dealkylation sites (tertiary alicyclic amines) is 1. The molecule has 0 amide bonds. The Morgan fingerprint density at radius 2 is 1.93 bits per heavy atom. The van der Waals surface area contributed by atoms with Gasteiger partial charge in [0.15, 0.2) is 0 Å². The molecule has 4 heteroatoms. The van der Waals surface area contributed by atoms with E-state index in [1.807, 2.05) is 24.5 Å². The van der Waals surface area contributed by atoms with E-state index in [4.69, 9.17) is 0 Å². The molecule has 2 bridgehead atoms. The van der Waals surface area contributed by atoms with Crippen molar-refractivity contribution in [1.29, 1.82) is 0 Å². The topological polar surface area (TPSA) is 38.1 Å². The van der Waals surface area contributed by atoms with Crippen LogP contribution in [-0.2, 0) is 6.54 Å².